The second kappa shape index (κ2) is 8.86. The largest absolute Gasteiger partial charge is 0.349 e. The molecule has 0 radical (unpaired) electrons. The van der Waals surface area contributed by atoms with Gasteiger partial charge in [-0.2, -0.15) is 0 Å². The van der Waals surface area contributed by atoms with E-state index in [1.54, 1.807) is 23.1 Å². The first-order valence-electron chi connectivity index (χ1n) is 8.95. The molecule has 1 heterocycles. The van der Waals surface area contributed by atoms with Crippen LogP contribution in [0, 0.1) is 0 Å². The summed E-state index contributed by atoms with van der Waals surface area (Å²) in [6.45, 7) is 8.33. The van der Waals surface area contributed by atoms with E-state index in [0.29, 0.717) is 23.7 Å². The van der Waals surface area contributed by atoms with E-state index in [-0.39, 0.29) is 23.6 Å². The van der Waals surface area contributed by atoms with Crippen LogP contribution in [0.4, 0.5) is 0 Å². The number of thioether (sulfide) groups is 1. The molecule has 1 aliphatic rings. The number of carbonyl (C=O) groups is 2. The predicted molar refractivity (Wildman–Crippen MR) is 110 cm³/mol. The van der Waals surface area contributed by atoms with Crippen molar-refractivity contribution in [3.8, 4) is 0 Å². The number of nitrogens with zero attached hydrogens (tertiary/aromatic N) is 2. The molecule has 0 saturated heterocycles. The maximum absolute atomic E-state index is 12.6. The lowest BCUT2D eigenvalue weighted by Crippen LogP contribution is -2.32. The molecule has 27 heavy (non-hydrogen) atoms. The van der Waals surface area contributed by atoms with Crippen LogP contribution in [0.15, 0.2) is 60.7 Å². The van der Waals surface area contributed by atoms with Crippen LogP contribution in [0.5, 0.6) is 0 Å². The highest BCUT2D eigenvalue weighted by Gasteiger charge is 2.25. The molecule has 3 rings (SSSR count). The lowest BCUT2D eigenvalue weighted by Gasteiger charge is -2.19. The summed E-state index contributed by atoms with van der Waals surface area (Å²) in [7, 11) is 0. The second-order valence-electron chi connectivity index (χ2n) is 6.44. The summed E-state index contributed by atoms with van der Waals surface area (Å²) in [5.41, 5.74) is 1.36. The maximum atomic E-state index is 12.6. The Bertz CT molecular complexity index is 867. The van der Waals surface area contributed by atoms with E-state index in [2.05, 4.69) is 23.5 Å². The number of para-hydroxylation sites is 1. The molecule has 2 amide bonds. The van der Waals surface area contributed by atoms with Crippen LogP contribution in [0.25, 0.3) is 10.9 Å². The third-order valence-corrected chi connectivity index (χ3v) is 5.14. The monoisotopic (exact) mass is 381 g/mol. The molecule has 1 aliphatic carbocycles. The number of aromatic nitrogens is 1. The van der Waals surface area contributed by atoms with Crippen LogP contribution in [-0.4, -0.2) is 46.6 Å². The number of carbonyl (C=O) groups excluding carboxylic acids is 2. The summed E-state index contributed by atoms with van der Waals surface area (Å²) >= 11 is 1.34. The predicted octanol–water partition coefficient (Wildman–Crippen LogP) is 3.42. The molecule has 5 nitrogen and oxygen atoms in total. The summed E-state index contributed by atoms with van der Waals surface area (Å²) < 4.78 is 0. The molecule has 0 atom stereocenters. The number of amides is 2. The summed E-state index contributed by atoms with van der Waals surface area (Å²) in [5.74, 6) is 0.152. The second-order valence-corrected chi connectivity index (χ2v) is 7.43. The third-order valence-electron chi connectivity index (χ3n) is 4.25. The number of pyridine rings is 1. The van der Waals surface area contributed by atoms with E-state index < -0.39 is 0 Å². The van der Waals surface area contributed by atoms with Crippen molar-refractivity contribution in [1.29, 1.82) is 0 Å². The van der Waals surface area contributed by atoms with Gasteiger partial charge in [-0.25, -0.2) is 4.98 Å². The van der Waals surface area contributed by atoms with Crippen LogP contribution < -0.4 is 5.32 Å². The molecule has 0 spiro atoms. The maximum Gasteiger partial charge on any atom is 0.252 e. The Labute approximate surface area is 163 Å². The molecule has 1 fully saturated rings. The number of benzene rings is 1. The minimum absolute atomic E-state index is 0.0151. The average Bonchev–Trinajstić information content (AvgIpc) is 3.49. The fourth-order valence-corrected chi connectivity index (χ4v) is 3.54. The SMILES string of the molecule is C=CCN(CC=C)C(=O)CSc1cc(C(=O)NC2CC2)c2ccccc2n1. The Hall–Kier alpha value is -2.60. The molecule has 2 aromatic rings. The van der Waals surface area contributed by atoms with Crippen LogP contribution >= 0.6 is 11.8 Å². The van der Waals surface area contributed by atoms with Gasteiger partial charge in [0.05, 0.1) is 21.9 Å². The molecule has 6 heteroatoms. The standard InChI is InChI=1S/C21H23N3O2S/c1-3-11-24(12-4-2)20(25)14-27-19-13-17(21(26)22-15-9-10-15)16-7-5-6-8-18(16)23-19/h3-8,13,15H,1-2,9-12,14H2,(H,22,26). The fraction of sp³-hybridized carbons (Fsp3) is 0.286. The quantitative estimate of drug-likeness (QED) is 0.534. The van der Waals surface area contributed by atoms with E-state index in [1.165, 1.54) is 11.8 Å². The summed E-state index contributed by atoms with van der Waals surface area (Å²) in [5, 5.41) is 4.52. The van der Waals surface area contributed by atoms with E-state index in [9.17, 15) is 9.59 Å². The van der Waals surface area contributed by atoms with Gasteiger partial charge in [-0.3, -0.25) is 9.59 Å². The molecule has 0 unspecified atom stereocenters. The highest BCUT2D eigenvalue weighted by Crippen LogP contribution is 2.26. The Morgan fingerprint density at radius 2 is 1.93 bits per heavy atom. The van der Waals surface area contributed by atoms with Crippen molar-refractivity contribution in [1.82, 2.24) is 15.2 Å². The first-order chi connectivity index (χ1) is 13.1. The molecule has 1 aromatic carbocycles. The van der Waals surface area contributed by atoms with Gasteiger partial charge in [0.15, 0.2) is 0 Å². The van der Waals surface area contributed by atoms with Crippen molar-refractivity contribution in [3.63, 3.8) is 0 Å². The zero-order valence-corrected chi connectivity index (χ0v) is 16.0. The van der Waals surface area contributed by atoms with Gasteiger partial charge in [0.25, 0.3) is 5.91 Å². The topological polar surface area (TPSA) is 62.3 Å². The number of fused-ring (bicyclic) bond motifs is 1. The van der Waals surface area contributed by atoms with E-state index >= 15 is 0 Å². The Morgan fingerprint density at radius 1 is 1.22 bits per heavy atom. The van der Waals surface area contributed by atoms with Crippen molar-refractivity contribution in [2.75, 3.05) is 18.8 Å². The number of rotatable bonds is 9. The first kappa shape index (κ1) is 19.2. The average molecular weight is 382 g/mol. The van der Waals surface area contributed by atoms with Crippen LogP contribution in [0.2, 0.25) is 0 Å². The fourth-order valence-electron chi connectivity index (χ4n) is 2.72. The number of nitrogens with one attached hydrogen (secondary N) is 1. The van der Waals surface area contributed by atoms with Crippen molar-refractivity contribution in [3.05, 3.63) is 61.2 Å². The molecule has 1 aromatic heterocycles. The Balaban J connectivity index is 1.79. The number of hydrogen-bond donors (Lipinski definition) is 1. The first-order valence-corrected chi connectivity index (χ1v) is 9.94. The third kappa shape index (κ3) is 4.98. The van der Waals surface area contributed by atoms with Crippen molar-refractivity contribution in [2.24, 2.45) is 0 Å². The van der Waals surface area contributed by atoms with Gasteiger partial charge in [0, 0.05) is 24.5 Å². The lowest BCUT2D eigenvalue weighted by atomic mass is 10.1. The van der Waals surface area contributed by atoms with Crippen LogP contribution in [0.3, 0.4) is 0 Å². The van der Waals surface area contributed by atoms with Crippen LogP contribution in [-0.2, 0) is 4.79 Å². The van der Waals surface area contributed by atoms with Gasteiger partial charge in [-0.05, 0) is 25.0 Å². The zero-order chi connectivity index (χ0) is 19.2. The molecule has 1 saturated carbocycles. The number of hydrogen-bond acceptors (Lipinski definition) is 4. The summed E-state index contributed by atoms with van der Waals surface area (Å²) in [6.07, 6.45) is 5.46. The minimum atomic E-state index is -0.0794. The van der Waals surface area contributed by atoms with Crippen molar-refractivity contribution < 1.29 is 9.59 Å². The van der Waals surface area contributed by atoms with Gasteiger partial charge < -0.3 is 10.2 Å². The van der Waals surface area contributed by atoms with Crippen molar-refractivity contribution >= 4 is 34.5 Å². The van der Waals surface area contributed by atoms with Gasteiger partial charge in [-0.15, -0.1) is 13.2 Å². The Kier molecular flexibility index (Phi) is 6.29. The zero-order valence-electron chi connectivity index (χ0n) is 15.2. The smallest absolute Gasteiger partial charge is 0.252 e. The molecule has 1 N–H and O–H groups in total. The van der Waals surface area contributed by atoms with Gasteiger partial charge in [-0.1, -0.05) is 42.1 Å². The lowest BCUT2D eigenvalue weighted by molar-refractivity contribution is -0.127. The summed E-state index contributed by atoms with van der Waals surface area (Å²) in [6, 6.07) is 9.65. The highest BCUT2D eigenvalue weighted by molar-refractivity contribution is 7.99. The summed E-state index contributed by atoms with van der Waals surface area (Å²) in [4.78, 5) is 31.4. The van der Waals surface area contributed by atoms with Gasteiger partial charge >= 0.3 is 0 Å². The van der Waals surface area contributed by atoms with Crippen LogP contribution in [0.1, 0.15) is 23.2 Å². The molecular weight excluding hydrogens is 358 g/mol. The Morgan fingerprint density at radius 3 is 2.59 bits per heavy atom. The van der Waals surface area contributed by atoms with Gasteiger partial charge in [0.2, 0.25) is 5.91 Å². The molecular formula is C21H23N3O2S. The highest BCUT2D eigenvalue weighted by atomic mass is 32.2. The molecule has 140 valence electrons. The van der Waals surface area contributed by atoms with Crippen molar-refractivity contribution in [2.45, 2.75) is 23.9 Å². The van der Waals surface area contributed by atoms with E-state index in [0.717, 1.165) is 23.7 Å². The molecule has 0 bridgehead atoms. The van der Waals surface area contributed by atoms with E-state index in [4.69, 9.17) is 0 Å². The molecule has 0 aliphatic heterocycles. The normalized spacial score (nSPS) is 13.2. The minimum Gasteiger partial charge on any atom is -0.349 e. The van der Waals surface area contributed by atoms with Gasteiger partial charge in [0.1, 0.15) is 0 Å². The van der Waals surface area contributed by atoms with E-state index in [1.807, 2.05) is 24.3 Å².